The Hall–Kier alpha value is -1.59. The van der Waals surface area contributed by atoms with E-state index in [0.717, 1.165) is 38.6 Å². The molecule has 26 heavy (non-hydrogen) atoms. The van der Waals surface area contributed by atoms with Gasteiger partial charge in [-0.3, -0.25) is 4.99 Å². The molecule has 5 nitrogen and oxygen atoms in total. The second kappa shape index (κ2) is 11.2. The Morgan fingerprint density at radius 3 is 2.69 bits per heavy atom. The van der Waals surface area contributed by atoms with E-state index in [4.69, 9.17) is 9.47 Å². The van der Waals surface area contributed by atoms with Crippen molar-refractivity contribution in [2.24, 2.45) is 16.8 Å². The lowest BCUT2D eigenvalue weighted by atomic mass is 9.88. The molecule has 0 aliphatic carbocycles. The fourth-order valence-electron chi connectivity index (χ4n) is 3.53. The molecule has 0 saturated carbocycles. The molecule has 2 atom stereocenters. The third-order valence-corrected chi connectivity index (χ3v) is 5.10. The van der Waals surface area contributed by atoms with Crippen LogP contribution < -0.4 is 5.32 Å². The average molecular weight is 362 g/mol. The van der Waals surface area contributed by atoms with Crippen LogP contribution in [0.2, 0.25) is 0 Å². The predicted octanol–water partition coefficient (Wildman–Crippen LogP) is 2.99. The van der Waals surface area contributed by atoms with Gasteiger partial charge < -0.3 is 19.7 Å². The molecule has 1 saturated heterocycles. The van der Waals surface area contributed by atoms with Gasteiger partial charge in [-0.05, 0) is 17.9 Å². The van der Waals surface area contributed by atoms with E-state index in [1.165, 1.54) is 5.56 Å². The van der Waals surface area contributed by atoms with E-state index in [2.05, 4.69) is 59.4 Å². The van der Waals surface area contributed by atoms with E-state index in [-0.39, 0.29) is 0 Å². The topological polar surface area (TPSA) is 46.1 Å². The first-order valence-electron chi connectivity index (χ1n) is 9.73. The van der Waals surface area contributed by atoms with Crippen molar-refractivity contribution < 1.29 is 9.47 Å². The van der Waals surface area contributed by atoms with Gasteiger partial charge >= 0.3 is 0 Å². The quantitative estimate of drug-likeness (QED) is 0.417. The van der Waals surface area contributed by atoms with Gasteiger partial charge in [-0.1, -0.05) is 44.2 Å². The predicted molar refractivity (Wildman–Crippen MR) is 108 cm³/mol. The zero-order chi connectivity index (χ0) is 18.8. The van der Waals surface area contributed by atoms with E-state index in [9.17, 15) is 0 Å². The Morgan fingerprint density at radius 2 is 2.04 bits per heavy atom. The van der Waals surface area contributed by atoms with Crippen LogP contribution in [0.4, 0.5) is 0 Å². The Bertz CT molecular complexity index is 533. The van der Waals surface area contributed by atoms with Crippen molar-refractivity contribution in [2.75, 3.05) is 53.6 Å². The smallest absolute Gasteiger partial charge is 0.193 e. The van der Waals surface area contributed by atoms with E-state index >= 15 is 0 Å². The fraction of sp³-hybridized carbons (Fsp3) is 0.667. The second-order valence-corrected chi connectivity index (χ2v) is 7.36. The number of hydrogen-bond donors (Lipinski definition) is 1. The first-order chi connectivity index (χ1) is 12.7. The minimum Gasteiger partial charge on any atom is -0.382 e. The number of nitrogens with one attached hydrogen (secondary N) is 1. The molecule has 1 N–H and O–H groups in total. The molecule has 0 amide bonds. The summed E-state index contributed by atoms with van der Waals surface area (Å²) in [5, 5.41) is 3.60. The molecule has 2 unspecified atom stereocenters. The summed E-state index contributed by atoms with van der Waals surface area (Å²) < 4.78 is 10.7. The average Bonchev–Trinajstić information content (AvgIpc) is 3.11. The lowest BCUT2D eigenvalue weighted by molar-refractivity contribution is 0.0536. The molecule has 5 heteroatoms. The largest absolute Gasteiger partial charge is 0.382 e. The fourth-order valence-corrected chi connectivity index (χ4v) is 3.53. The van der Waals surface area contributed by atoms with E-state index in [0.29, 0.717) is 31.0 Å². The third kappa shape index (κ3) is 6.29. The van der Waals surface area contributed by atoms with Gasteiger partial charge in [-0.25, -0.2) is 0 Å². The molecule has 2 rings (SSSR count). The number of likely N-dealkylation sites (tertiary alicyclic amines) is 1. The molecule has 146 valence electrons. The molecule has 1 aromatic carbocycles. The summed E-state index contributed by atoms with van der Waals surface area (Å²) in [6.07, 6.45) is 1.15. The van der Waals surface area contributed by atoms with Gasteiger partial charge in [0.25, 0.3) is 0 Å². The minimum absolute atomic E-state index is 0.476. The molecule has 0 bridgehead atoms. The molecule has 1 heterocycles. The second-order valence-electron chi connectivity index (χ2n) is 7.36. The summed E-state index contributed by atoms with van der Waals surface area (Å²) in [4.78, 5) is 6.86. The zero-order valence-corrected chi connectivity index (χ0v) is 16.8. The van der Waals surface area contributed by atoms with Crippen LogP contribution in [-0.4, -0.2) is 64.5 Å². The summed E-state index contributed by atoms with van der Waals surface area (Å²) >= 11 is 0. The van der Waals surface area contributed by atoms with Crippen molar-refractivity contribution in [3.05, 3.63) is 35.9 Å². The maximum atomic E-state index is 5.70. The van der Waals surface area contributed by atoms with Crippen LogP contribution in [0.15, 0.2) is 35.3 Å². The molecular formula is C21H35N3O2. The molecule has 1 aliphatic rings. The van der Waals surface area contributed by atoms with Gasteiger partial charge in [0.15, 0.2) is 5.96 Å². The summed E-state index contributed by atoms with van der Waals surface area (Å²) in [5.74, 6) is 2.62. The highest BCUT2D eigenvalue weighted by molar-refractivity contribution is 5.80. The molecule has 1 aliphatic heterocycles. The van der Waals surface area contributed by atoms with Crippen LogP contribution in [-0.2, 0) is 9.47 Å². The van der Waals surface area contributed by atoms with Crippen molar-refractivity contribution >= 4 is 5.96 Å². The van der Waals surface area contributed by atoms with E-state index in [1.54, 1.807) is 7.11 Å². The zero-order valence-electron chi connectivity index (χ0n) is 16.8. The lowest BCUT2D eigenvalue weighted by Gasteiger charge is -2.26. The van der Waals surface area contributed by atoms with Crippen molar-refractivity contribution in [2.45, 2.75) is 26.2 Å². The van der Waals surface area contributed by atoms with Crippen molar-refractivity contribution in [1.29, 1.82) is 0 Å². The number of benzene rings is 1. The number of rotatable bonds is 9. The maximum absolute atomic E-state index is 5.70. The van der Waals surface area contributed by atoms with Gasteiger partial charge in [-0.2, -0.15) is 0 Å². The monoisotopic (exact) mass is 361 g/mol. The first kappa shape index (κ1) is 20.7. The molecular weight excluding hydrogens is 326 g/mol. The standard InChI is InChI=1S/C21H35N3O2/c1-17(2)20(19-8-6-5-7-9-19)14-23-21(22-3)24-11-10-18(15-24)16-26-13-12-25-4/h5-9,17-18,20H,10-16H2,1-4H3,(H,22,23). The number of hydrogen-bond acceptors (Lipinski definition) is 3. The van der Waals surface area contributed by atoms with Crippen molar-refractivity contribution in [3.8, 4) is 0 Å². The Morgan fingerprint density at radius 1 is 1.27 bits per heavy atom. The molecule has 1 fully saturated rings. The Labute approximate surface area is 158 Å². The SMILES string of the molecule is CN=C(NCC(c1ccccc1)C(C)C)N1CCC(COCCOC)C1. The van der Waals surface area contributed by atoms with Crippen LogP contribution in [0.3, 0.4) is 0 Å². The van der Waals surface area contributed by atoms with E-state index < -0.39 is 0 Å². The first-order valence-corrected chi connectivity index (χ1v) is 9.73. The molecule has 0 radical (unpaired) electrons. The van der Waals surface area contributed by atoms with Gasteiger partial charge in [0.05, 0.1) is 19.8 Å². The highest BCUT2D eigenvalue weighted by Crippen LogP contribution is 2.24. The normalized spacial score (nSPS) is 19.2. The number of aliphatic imine (C=N–C) groups is 1. The summed E-state index contributed by atoms with van der Waals surface area (Å²) in [7, 11) is 3.58. The summed E-state index contributed by atoms with van der Waals surface area (Å²) in [6, 6.07) is 10.8. The Balaban J connectivity index is 1.83. The van der Waals surface area contributed by atoms with Crippen LogP contribution in [0.25, 0.3) is 0 Å². The maximum Gasteiger partial charge on any atom is 0.193 e. The van der Waals surface area contributed by atoms with Crippen LogP contribution >= 0.6 is 0 Å². The van der Waals surface area contributed by atoms with Gasteiger partial charge in [0.2, 0.25) is 0 Å². The van der Waals surface area contributed by atoms with Crippen molar-refractivity contribution in [3.63, 3.8) is 0 Å². The molecule has 0 spiro atoms. The summed E-state index contributed by atoms with van der Waals surface area (Å²) in [6.45, 7) is 9.65. The number of methoxy groups -OCH3 is 1. The van der Waals surface area contributed by atoms with Gasteiger partial charge in [-0.15, -0.1) is 0 Å². The van der Waals surface area contributed by atoms with E-state index in [1.807, 2.05) is 7.05 Å². The van der Waals surface area contributed by atoms with Gasteiger partial charge in [0.1, 0.15) is 0 Å². The highest BCUT2D eigenvalue weighted by atomic mass is 16.5. The van der Waals surface area contributed by atoms with Crippen LogP contribution in [0.5, 0.6) is 0 Å². The molecule has 1 aromatic rings. The number of nitrogens with zero attached hydrogens (tertiary/aromatic N) is 2. The van der Waals surface area contributed by atoms with Crippen molar-refractivity contribution in [1.82, 2.24) is 10.2 Å². The number of guanidine groups is 1. The third-order valence-electron chi connectivity index (χ3n) is 5.10. The Kier molecular flexibility index (Phi) is 8.92. The van der Waals surface area contributed by atoms with Gasteiger partial charge in [0, 0.05) is 45.6 Å². The highest BCUT2D eigenvalue weighted by Gasteiger charge is 2.25. The lowest BCUT2D eigenvalue weighted by Crippen LogP contribution is -2.42. The minimum atomic E-state index is 0.476. The van der Waals surface area contributed by atoms with Crippen LogP contribution in [0.1, 0.15) is 31.7 Å². The van der Waals surface area contributed by atoms with Crippen LogP contribution in [0, 0.1) is 11.8 Å². The number of ether oxygens (including phenoxy) is 2. The molecule has 0 aromatic heterocycles. The summed E-state index contributed by atoms with van der Waals surface area (Å²) in [5.41, 5.74) is 1.39.